The van der Waals surface area contributed by atoms with Crippen LogP contribution in [0.2, 0.25) is 5.02 Å². The molecule has 2 aromatic carbocycles. The molecule has 32 heavy (non-hydrogen) atoms. The number of nitrogens with one attached hydrogen (secondary N) is 2. The Kier molecular flexibility index (Phi) is 4.75. The van der Waals surface area contributed by atoms with Crippen LogP contribution in [0.3, 0.4) is 0 Å². The van der Waals surface area contributed by atoms with Gasteiger partial charge in [0.2, 0.25) is 0 Å². The number of H-pyrrole nitrogens is 1. The summed E-state index contributed by atoms with van der Waals surface area (Å²) < 4.78 is 54.7. The van der Waals surface area contributed by atoms with Crippen molar-refractivity contribution in [3.63, 3.8) is 0 Å². The lowest BCUT2D eigenvalue weighted by Crippen LogP contribution is -2.15. The van der Waals surface area contributed by atoms with E-state index in [1.54, 1.807) is 12.1 Å². The largest absolute Gasteiger partial charge is 0.382 e. The van der Waals surface area contributed by atoms with Gasteiger partial charge in [0.15, 0.2) is 17.3 Å². The zero-order valence-corrected chi connectivity index (χ0v) is 17.8. The van der Waals surface area contributed by atoms with E-state index < -0.39 is 31.6 Å². The second kappa shape index (κ2) is 7.38. The van der Waals surface area contributed by atoms with E-state index in [9.17, 15) is 17.2 Å². The first-order valence-electron chi connectivity index (χ1n) is 9.52. The number of nitrogens with two attached hydrogens (primary N) is 1. The van der Waals surface area contributed by atoms with E-state index in [0.717, 1.165) is 30.0 Å². The molecule has 0 amide bonds. The van der Waals surface area contributed by atoms with Crippen molar-refractivity contribution in [2.45, 2.75) is 23.7 Å². The molecule has 1 aliphatic carbocycles. The third-order valence-electron chi connectivity index (χ3n) is 5.10. The Labute approximate surface area is 185 Å². The number of nitrogens with zero attached hydrogens (tertiary/aromatic N) is 3. The molecule has 2 heterocycles. The fourth-order valence-corrected chi connectivity index (χ4v) is 4.74. The number of aromatic nitrogens is 4. The summed E-state index contributed by atoms with van der Waals surface area (Å²) in [5.74, 6) is -1.19. The molecule has 0 radical (unpaired) electrons. The van der Waals surface area contributed by atoms with Crippen molar-refractivity contribution in [3.05, 3.63) is 58.7 Å². The summed E-state index contributed by atoms with van der Waals surface area (Å²) in [5.41, 5.74) is 8.12. The number of fused-ring (bicyclic) bond motifs is 1. The molecule has 4 aromatic rings. The minimum atomic E-state index is -4.33. The molecule has 0 aliphatic heterocycles. The number of halogens is 3. The molecule has 2 aromatic heterocycles. The third-order valence-corrected chi connectivity index (χ3v) is 6.79. The maximum Gasteiger partial charge on any atom is 0.264 e. The maximum absolute atomic E-state index is 14.0. The van der Waals surface area contributed by atoms with Crippen LogP contribution < -0.4 is 10.5 Å². The number of sulfonamides is 1. The highest BCUT2D eigenvalue weighted by Gasteiger charge is 2.30. The monoisotopic (exact) mass is 476 g/mol. The number of aromatic amines is 1. The Bertz CT molecular complexity index is 1470. The molecule has 0 bridgehead atoms. The lowest BCUT2D eigenvalue weighted by molar-refractivity contribution is 0.551. The first-order chi connectivity index (χ1) is 15.2. The van der Waals surface area contributed by atoms with Crippen LogP contribution in [0, 0.1) is 11.6 Å². The average molecular weight is 477 g/mol. The first kappa shape index (κ1) is 20.6. The fourth-order valence-electron chi connectivity index (χ4n) is 3.37. The Morgan fingerprint density at radius 1 is 1.09 bits per heavy atom. The summed E-state index contributed by atoms with van der Waals surface area (Å²) in [7, 11) is -4.33. The van der Waals surface area contributed by atoms with Gasteiger partial charge in [0.1, 0.15) is 16.5 Å². The van der Waals surface area contributed by atoms with Crippen LogP contribution in [0.1, 0.15) is 24.5 Å². The summed E-state index contributed by atoms with van der Waals surface area (Å²) in [6, 6.07) is 7.38. The van der Waals surface area contributed by atoms with Gasteiger partial charge in [0, 0.05) is 23.2 Å². The fraction of sp³-hybridized carbons (Fsp3) is 0.150. The Balaban J connectivity index is 1.46. The molecule has 0 atom stereocenters. The van der Waals surface area contributed by atoms with Crippen LogP contribution in [0.5, 0.6) is 0 Å². The molecule has 0 spiro atoms. The summed E-state index contributed by atoms with van der Waals surface area (Å²) in [6.07, 6.45) is 2.03. The number of hydrogen-bond donors (Lipinski definition) is 3. The topological polar surface area (TPSA) is 127 Å². The van der Waals surface area contributed by atoms with Crippen molar-refractivity contribution in [3.8, 4) is 11.4 Å². The van der Waals surface area contributed by atoms with Gasteiger partial charge in [-0.2, -0.15) is 5.10 Å². The van der Waals surface area contributed by atoms with Crippen molar-refractivity contribution in [2.75, 3.05) is 10.5 Å². The molecule has 164 valence electrons. The van der Waals surface area contributed by atoms with Gasteiger partial charge >= 0.3 is 0 Å². The third kappa shape index (κ3) is 3.63. The molecule has 1 fully saturated rings. The van der Waals surface area contributed by atoms with Gasteiger partial charge in [-0.05, 0) is 43.2 Å². The van der Waals surface area contributed by atoms with Crippen molar-refractivity contribution in [1.82, 2.24) is 20.2 Å². The van der Waals surface area contributed by atoms with Crippen LogP contribution in [-0.2, 0) is 10.0 Å². The minimum absolute atomic E-state index is 0.169. The Morgan fingerprint density at radius 3 is 2.50 bits per heavy atom. The van der Waals surface area contributed by atoms with Gasteiger partial charge in [-0.3, -0.25) is 9.82 Å². The van der Waals surface area contributed by atoms with Crippen molar-refractivity contribution < 1.29 is 17.2 Å². The summed E-state index contributed by atoms with van der Waals surface area (Å²) in [6.45, 7) is 0. The zero-order chi connectivity index (χ0) is 22.6. The molecule has 5 rings (SSSR count). The maximum atomic E-state index is 14.0. The highest BCUT2D eigenvalue weighted by atomic mass is 35.5. The predicted molar refractivity (Wildman–Crippen MR) is 116 cm³/mol. The van der Waals surface area contributed by atoms with E-state index in [0.29, 0.717) is 34.8 Å². The first-order valence-corrected chi connectivity index (χ1v) is 11.4. The molecule has 12 heteroatoms. The number of hydrogen-bond acceptors (Lipinski definition) is 6. The van der Waals surface area contributed by atoms with Crippen LogP contribution in [0.15, 0.2) is 41.3 Å². The molecular weight excluding hydrogens is 462 g/mol. The number of nitrogen functional groups attached to an aromatic ring is 1. The van der Waals surface area contributed by atoms with E-state index >= 15 is 0 Å². The van der Waals surface area contributed by atoms with Crippen LogP contribution in [0.4, 0.5) is 20.3 Å². The van der Waals surface area contributed by atoms with Crippen LogP contribution in [-0.4, -0.2) is 28.6 Å². The number of benzene rings is 2. The second-order valence-corrected chi connectivity index (χ2v) is 9.48. The minimum Gasteiger partial charge on any atom is -0.382 e. The Morgan fingerprint density at radius 2 is 1.81 bits per heavy atom. The van der Waals surface area contributed by atoms with E-state index in [2.05, 4.69) is 24.9 Å². The van der Waals surface area contributed by atoms with E-state index in [4.69, 9.17) is 17.3 Å². The number of rotatable bonds is 5. The highest BCUT2D eigenvalue weighted by Crippen LogP contribution is 2.43. The van der Waals surface area contributed by atoms with Gasteiger partial charge in [0.05, 0.1) is 16.1 Å². The molecule has 4 N–H and O–H groups in total. The predicted octanol–water partition coefficient (Wildman–Crippen LogP) is 4.21. The lowest BCUT2D eigenvalue weighted by Gasteiger charge is -2.10. The Hall–Kier alpha value is -3.31. The molecule has 0 saturated heterocycles. The number of anilines is 2. The molecule has 0 unspecified atom stereocenters. The molecule has 1 saturated carbocycles. The van der Waals surface area contributed by atoms with Crippen LogP contribution >= 0.6 is 11.6 Å². The zero-order valence-electron chi connectivity index (χ0n) is 16.2. The van der Waals surface area contributed by atoms with Gasteiger partial charge in [-0.1, -0.05) is 11.6 Å². The van der Waals surface area contributed by atoms with E-state index in [1.807, 2.05) is 0 Å². The SMILES string of the molecule is Nc1n[nH]c2nc(-c3ccc(NS(=O)(=O)c4cc(Cl)c(F)cc4F)cc3)nc(C3CC3)c12. The van der Waals surface area contributed by atoms with Crippen molar-refractivity contribution >= 4 is 44.2 Å². The molecular formula is C20H15ClF2N6O2S. The van der Waals surface area contributed by atoms with Gasteiger partial charge in [-0.25, -0.2) is 27.2 Å². The van der Waals surface area contributed by atoms with Crippen molar-refractivity contribution in [1.29, 1.82) is 0 Å². The second-order valence-electron chi connectivity index (χ2n) is 7.42. The van der Waals surface area contributed by atoms with E-state index in [-0.39, 0.29) is 5.69 Å². The lowest BCUT2D eigenvalue weighted by atomic mass is 10.1. The quantitative estimate of drug-likeness (QED) is 0.370. The summed E-state index contributed by atoms with van der Waals surface area (Å²) in [5, 5.41) is 7.04. The highest BCUT2D eigenvalue weighted by molar-refractivity contribution is 7.92. The van der Waals surface area contributed by atoms with E-state index in [1.165, 1.54) is 12.1 Å². The smallest absolute Gasteiger partial charge is 0.264 e. The molecule has 8 nitrogen and oxygen atoms in total. The standard InChI is InChI=1S/C20H15ClF2N6O2S/c21-12-7-15(14(23)8-13(12)22)32(30,31)29-11-5-3-10(4-6-11)19-25-17(9-1-2-9)16-18(24)27-28-20(16)26-19/h3-9,29H,1-2H2,(H3,24,25,26,27,28). The average Bonchev–Trinajstić information content (AvgIpc) is 3.53. The van der Waals surface area contributed by atoms with Crippen molar-refractivity contribution in [2.24, 2.45) is 0 Å². The normalized spacial score (nSPS) is 14.1. The van der Waals surface area contributed by atoms with Gasteiger partial charge in [-0.15, -0.1) is 0 Å². The van der Waals surface area contributed by atoms with Crippen LogP contribution in [0.25, 0.3) is 22.4 Å². The van der Waals surface area contributed by atoms with Gasteiger partial charge in [0.25, 0.3) is 10.0 Å². The summed E-state index contributed by atoms with van der Waals surface area (Å²) in [4.78, 5) is 8.37. The summed E-state index contributed by atoms with van der Waals surface area (Å²) >= 11 is 5.60. The van der Waals surface area contributed by atoms with Gasteiger partial charge < -0.3 is 5.73 Å². The molecule has 1 aliphatic rings.